The van der Waals surface area contributed by atoms with Crippen LogP contribution < -0.4 is 0 Å². The zero-order valence-corrected chi connectivity index (χ0v) is 11.5. The van der Waals surface area contributed by atoms with Gasteiger partial charge in [-0.15, -0.1) is 0 Å². The number of benzene rings is 2. The summed E-state index contributed by atoms with van der Waals surface area (Å²) in [5, 5.41) is 0. The second kappa shape index (κ2) is 3.67. The molecule has 1 aliphatic rings. The molecule has 0 atom stereocenters. The van der Waals surface area contributed by atoms with Crippen molar-refractivity contribution in [2.45, 2.75) is 29.1 Å². The Bertz CT molecular complexity index is 776. The summed E-state index contributed by atoms with van der Waals surface area (Å²) in [6.07, 6.45) is 0. The van der Waals surface area contributed by atoms with E-state index in [2.05, 4.69) is 0 Å². The molecule has 19 heavy (non-hydrogen) atoms. The molecule has 0 aliphatic carbocycles. The van der Waals surface area contributed by atoms with Crippen molar-refractivity contribution >= 4 is 9.84 Å². The number of hydrogen-bond acceptors (Lipinski definition) is 2. The topological polar surface area (TPSA) is 34.1 Å². The molecule has 0 radical (unpaired) electrons. The average Bonchev–Trinajstić information content (AvgIpc) is 2.37. The summed E-state index contributed by atoms with van der Waals surface area (Å²) >= 11 is 0. The zero-order valence-electron chi connectivity index (χ0n) is 10.6. The molecule has 4 heteroatoms. The normalized spacial score (nSPS) is 18.5. The van der Waals surface area contributed by atoms with Gasteiger partial charge in [-0.25, -0.2) is 12.8 Å². The van der Waals surface area contributed by atoms with Crippen LogP contribution in [-0.2, 0) is 15.3 Å². The summed E-state index contributed by atoms with van der Waals surface area (Å²) in [7, 11) is -3.56. The lowest BCUT2D eigenvalue weighted by Gasteiger charge is -2.34. The summed E-state index contributed by atoms with van der Waals surface area (Å²) in [4.78, 5) is 0.525. The Hall–Kier alpha value is -1.68. The Kier molecular flexibility index (Phi) is 2.39. The van der Waals surface area contributed by atoms with Crippen molar-refractivity contribution in [3.05, 3.63) is 59.4 Å². The fourth-order valence-electron chi connectivity index (χ4n) is 2.71. The Morgan fingerprint density at radius 1 is 0.947 bits per heavy atom. The molecule has 0 fully saturated rings. The van der Waals surface area contributed by atoms with E-state index in [9.17, 15) is 12.8 Å². The number of rotatable bonds is 0. The summed E-state index contributed by atoms with van der Waals surface area (Å²) < 4.78 is 38.6. The summed E-state index contributed by atoms with van der Waals surface area (Å²) in [5.41, 5.74) is 0.707. The van der Waals surface area contributed by atoms with Crippen LogP contribution in [0.3, 0.4) is 0 Å². The van der Waals surface area contributed by atoms with Crippen molar-refractivity contribution in [2.24, 2.45) is 0 Å². The highest BCUT2D eigenvalue weighted by molar-refractivity contribution is 7.91. The van der Waals surface area contributed by atoms with Gasteiger partial charge in [0.2, 0.25) is 9.84 Å². The molecule has 3 rings (SSSR count). The van der Waals surface area contributed by atoms with Gasteiger partial charge in [-0.3, -0.25) is 0 Å². The molecule has 0 amide bonds. The molecule has 0 saturated heterocycles. The monoisotopic (exact) mass is 276 g/mol. The third kappa shape index (κ3) is 1.56. The maximum Gasteiger partial charge on any atom is 0.207 e. The second-order valence-electron chi connectivity index (χ2n) is 5.27. The number of hydrogen-bond donors (Lipinski definition) is 0. The van der Waals surface area contributed by atoms with Crippen LogP contribution in [0.2, 0.25) is 0 Å². The quantitative estimate of drug-likeness (QED) is 0.692. The third-order valence-corrected chi connectivity index (χ3v) is 5.62. The summed E-state index contributed by atoms with van der Waals surface area (Å²) in [6.45, 7) is 3.83. The van der Waals surface area contributed by atoms with Gasteiger partial charge >= 0.3 is 0 Å². The molecule has 0 bridgehead atoms. The standard InChI is InChI=1S/C15H13FO2S/c1-15(2)11-5-3-4-6-13(11)19(17,18)14-8-7-10(16)9-12(14)15/h3-9H,1-2H3. The van der Waals surface area contributed by atoms with Crippen LogP contribution >= 0.6 is 0 Å². The van der Waals surface area contributed by atoms with Gasteiger partial charge in [0.1, 0.15) is 5.82 Å². The molecule has 2 nitrogen and oxygen atoms in total. The highest BCUT2D eigenvalue weighted by Crippen LogP contribution is 2.45. The predicted molar refractivity (Wildman–Crippen MR) is 70.4 cm³/mol. The molecule has 1 aliphatic heterocycles. The molecule has 0 N–H and O–H groups in total. The molecule has 0 saturated carbocycles. The summed E-state index contributed by atoms with van der Waals surface area (Å²) in [6, 6.07) is 10.8. The van der Waals surface area contributed by atoms with E-state index in [-0.39, 0.29) is 4.90 Å². The molecule has 0 unspecified atom stereocenters. The van der Waals surface area contributed by atoms with Crippen LogP contribution in [0.25, 0.3) is 0 Å². The largest absolute Gasteiger partial charge is 0.218 e. The second-order valence-corrected chi connectivity index (χ2v) is 7.15. The first-order valence-corrected chi connectivity index (χ1v) is 7.48. The van der Waals surface area contributed by atoms with Crippen molar-refractivity contribution in [2.75, 3.05) is 0 Å². The van der Waals surface area contributed by atoms with E-state index in [0.29, 0.717) is 16.0 Å². The maximum atomic E-state index is 13.5. The SMILES string of the molecule is CC1(C)c2ccccc2S(=O)(=O)c2ccc(F)cc21. The minimum Gasteiger partial charge on any atom is -0.218 e. The first-order valence-electron chi connectivity index (χ1n) is 6.00. The van der Waals surface area contributed by atoms with Crippen molar-refractivity contribution in [3.63, 3.8) is 0 Å². The molecular weight excluding hydrogens is 263 g/mol. The van der Waals surface area contributed by atoms with Crippen LogP contribution in [0.15, 0.2) is 52.3 Å². The fourth-order valence-corrected chi connectivity index (χ4v) is 4.66. The predicted octanol–water partition coefficient (Wildman–Crippen LogP) is 3.30. The van der Waals surface area contributed by atoms with Gasteiger partial charge in [-0.05, 0) is 35.4 Å². The molecule has 98 valence electrons. The lowest BCUT2D eigenvalue weighted by Crippen LogP contribution is -2.29. The van der Waals surface area contributed by atoms with E-state index in [1.807, 2.05) is 13.8 Å². The van der Waals surface area contributed by atoms with Crippen LogP contribution in [0.5, 0.6) is 0 Å². The van der Waals surface area contributed by atoms with E-state index in [0.717, 1.165) is 0 Å². The van der Waals surface area contributed by atoms with Gasteiger partial charge in [0.15, 0.2) is 0 Å². The molecule has 1 heterocycles. The Morgan fingerprint density at radius 3 is 2.32 bits per heavy atom. The molecule has 0 spiro atoms. The molecular formula is C15H13FO2S. The van der Waals surface area contributed by atoms with Crippen molar-refractivity contribution in [1.29, 1.82) is 0 Å². The van der Waals surface area contributed by atoms with Crippen LogP contribution in [-0.4, -0.2) is 8.42 Å². The molecule has 2 aromatic carbocycles. The minimum absolute atomic E-state index is 0.206. The van der Waals surface area contributed by atoms with E-state index >= 15 is 0 Å². The Morgan fingerprint density at radius 2 is 1.58 bits per heavy atom. The Balaban J connectivity index is 2.48. The lowest BCUT2D eigenvalue weighted by molar-refractivity contribution is 0.547. The number of halogens is 1. The van der Waals surface area contributed by atoms with Crippen LogP contribution in [0, 0.1) is 5.82 Å². The van der Waals surface area contributed by atoms with Gasteiger partial charge < -0.3 is 0 Å². The third-order valence-electron chi connectivity index (χ3n) is 3.75. The first kappa shape index (κ1) is 12.4. The van der Waals surface area contributed by atoms with E-state index in [1.165, 1.54) is 18.2 Å². The minimum atomic E-state index is -3.56. The summed E-state index contributed by atoms with van der Waals surface area (Å²) in [5.74, 6) is -0.415. The molecule has 0 aromatic heterocycles. The average molecular weight is 276 g/mol. The Labute approximate surface area is 111 Å². The van der Waals surface area contributed by atoms with Crippen molar-refractivity contribution in [1.82, 2.24) is 0 Å². The zero-order chi connectivity index (χ0) is 13.8. The van der Waals surface area contributed by atoms with Crippen molar-refractivity contribution in [3.8, 4) is 0 Å². The lowest BCUT2D eigenvalue weighted by atomic mass is 9.77. The fraction of sp³-hybridized carbons (Fsp3) is 0.200. The van der Waals surface area contributed by atoms with Gasteiger partial charge in [0.05, 0.1) is 9.79 Å². The highest BCUT2D eigenvalue weighted by Gasteiger charge is 2.40. The van der Waals surface area contributed by atoms with E-state index in [4.69, 9.17) is 0 Å². The molecule has 2 aromatic rings. The van der Waals surface area contributed by atoms with Gasteiger partial charge in [-0.1, -0.05) is 32.0 Å². The first-order chi connectivity index (χ1) is 8.85. The van der Waals surface area contributed by atoms with Gasteiger partial charge in [0, 0.05) is 5.41 Å². The number of sulfone groups is 1. The van der Waals surface area contributed by atoms with Crippen molar-refractivity contribution < 1.29 is 12.8 Å². The number of fused-ring (bicyclic) bond motifs is 2. The van der Waals surface area contributed by atoms with Gasteiger partial charge in [-0.2, -0.15) is 0 Å². The smallest absolute Gasteiger partial charge is 0.207 e. The van der Waals surface area contributed by atoms with Crippen LogP contribution in [0.1, 0.15) is 25.0 Å². The highest BCUT2D eigenvalue weighted by atomic mass is 32.2. The van der Waals surface area contributed by atoms with Gasteiger partial charge in [0.25, 0.3) is 0 Å². The van der Waals surface area contributed by atoms with E-state index < -0.39 is 21.1 Å². The van der Waals surface area contributed by atoms with Crippen LogP contribution in [0.4, 0.5) is 4.39 Å². The van der Waals surface area contributed by atoms with E-state index in [1.54, 1.807) is 24.3 Å². The maximum absolute atomic E-state index is 13.5.